The van der Waals surface area contributed by atoms with Gasteiger partial charge in [0.25, 0.3) is 5.56 Å². The third-order valence-electron chi connectivity index (χ3n) is 4.09. The Kier molecular flexibility index (Phi) is 3.97. The van der Waals surface area contributed by atoms with Crippen LogP contribution in [0.15, 0.2) is 33.7 Å². The van der Waals surface area contributed by atoms with Crippen LogP contribution in [0.3, 0.4) is 0 Å². The molecule has 0 fully saturated rings. The second-order valence-corrected chi connectivity index (χ2v) is 7.62. The molecule has 0 unspecified atom stereocenters. The number of nitrogens with one attached hydrogen (secondary N) is 1. The van der Waals surface area contributed by atoms with Gasteiger partial charge in [-0.25, -0.2) is 14.6 Å². The molecule has 128 valence electrons. The van der Waals surface area contributed by atoms with E-state index in [1.54, 1.807) is 35.5 Å². The average molecular weight is 372 g/mol. The molecular formula is C16H16N6OS2. The van der Waals surface area contributed by atoms with Crippen molar-refractivity contribution >= 4 is 50.2 Å². The summed E-state index contributed by atoms with van der Waals surface area (Å²) in [7, 11) is 3.70. The number of aryl methyl sites for hydroxylation is 1. The normalized spacial score (nSPS) is 11.5. The van der Waals surface area contributed by atoms with E-state index < -0.39 is 0 Å². The lowest BCUT2D eigenvalue weighted by molar-refractivity contribution is 0.643. The zero-order chi connectivity index (χ0) is 17.6. The van der Waals surface area contributed by atoms with Crippen molar-refractivity contribution in [2.45, 2.75) is 10.9 Å². The van der Waals surface area contributed by atoms with Gasteiger partial charge >= 0.3 is 0 Å². The molecule has 25 heavy (non-hydrogen) atoms. The van der Waals surface area contributed by atoms with Crippen LogP contribution in [0.25, 0.3) is 21.3 Å². The molecular weight excluding hydrogens is 356 g/mol. The Labute approximate surface area is 151 Å². The minimum Gasteiger partial charge on any atom is -0.373 e. The zero-order valence-electron chi connectivity index (χ0n) is 14.0. The number of thioether (sulfide) groups is 1. The van der Waals surface area contributed by atoms with E-state index >= 15 is 0 Å². The summed E-state index contributed by atoms with van der Waals surface area (Å²) in [5.74, 6) is 0.764. The molecule has 0 saturated carbocycles. The molecule has 0 aliphatic carbocycles. The van der Waals surface area contributed by atoms with Crippen molar-refractivity contribution in [3.05, 3.63) is 40.4 Å². The summed E-state index contributed by atoms with van der Waals surface area (Å²) in [6.07, 6.45) is 5.48. The second-order valence-electron chi connectivity index (χ2n) is 5.56. The summed E-state index contributed by atoms with van der Waals surface area (Å²) in [6.45, 7) is 0.397. The SMILES string of the molecule is CNc1cc(Cn2ncc3c4sc(SC)nc4n(C)c3c2=O)ccn1. The van der Waals surface area contributed by atoms with Crippen LogP contribution >= 0.6 is 23.1 Å². The third-order valence-corrected chi connectivity index (χ3v) is 6.16. The van der Waals surface area contributed by atoms with Crippen LogP contribution in [0, 0.1) is 0 Å². The molecule has 0 aromatic carbocycles. The molecule has 9 heteroatoms. The van der Waals surface area contributed by atoms with Gasteiger partial charge in [0, 0.05) is 25.7 Å². The molecule has 0 amide bonds. The Hall–Kier alpha value is -2.39. The molecule has 7 nitrogen and oxygen atoms in total. The van der Waals surface area contributed by atoms with Crippen molar-refractivity contribution in [3.8, 4) is 0 Å². The van der Waals surface area contributed by atoms with Gasteiger partial charge in [-0.1, -0.05) is 11.8 Å². The van der Waals surface area contributed by atoms with Crippen molar-refractivity contribution in [2.75, 3.05) is 18.6 Å². The van der Waals surface area contributed by atoms with Crippen molar-refractivity contribution in [1.29, 1.82) is 0 Å². The number of anilines is 1. The van der Waals surface area contributed by atoms with Gasteiger partial charge in [0.05, 0.1) is 17.4 Å². The molecule has 4 aromatic rings. The fourth-order valence-electron chi connectivity index (χ4n) is 2.85. The summed E-state index contributed by atoms with van der Waals surface area (Å²) >= 11 is 3.20. The Bertz CT molecular complexity index is 1140. The fourth-order valence-corrected chi connectivity index (χ4v) is 4.45. The lowest BCUT2D eigenvalue weighted by Crippen LogP contribution is -2.24. The molecule has 0 spiro atoms. The van der Waals surface area contributed by atoms with Crippen molar-refractivity contribution in [1.82, 2.24) is 24.3 Å². The molecule has 4 aromatic heterocycles. The largest absolute Gasteiger partial charge is 0.373 e. The number of nitrogens with zero attached hydrogens (tertiary/aromatic N) is 5. The lowest BCUT2D eigenvalue weighted by Gasteiger charge is -2.07. The van der Waals surface area contributed by atoms with Crippen molar-refractivity contribution < 1.29 is 0 Å². The quantitative estimate of drug-likeness (QED) is 0.555. The number of rotatable bonds is 4. The number of hydrogen-bond donors (Lipinski definition) is 1. The smallest absolute Gasteiger partial charge is 0.291 e. The van der Waals surface area contributed by atoms with Crippen molar-refractivity contribution in [3.63, 3.8) is 0 Å². The van der Waals surface area contributed by atoms with E-state index in [1.807, 2.05) is 37.1 Å². The predicted octanol–water partition coefficient (Wildman–Crippen LogP) is 2.55. The van der Waals surface area contributed by atoms with Gasteiger partial charge in [0.2, 0.25) is 0 Å². The van der Waals surface area contributed by atoms with E-state index in [2.05, 4.69) is 20.4 Å². The molecule has 0 saturated heterocycles. The summed E-state index contributed by atoms with van der Waals surface area (Å²) in [6, 6.07) is 3.79. The van der Waals surface area contributed by atoms with Crippen LogP contribution in [0.5, 0.6) is 0 Å². The van der Waals surface area contributed by atoms with Gasteiger partial charge < -0.3 is 9.88 Å². The third kappa shape index (κ3) is 2.59. The summed E-state index contributed by atoms with van der Waals surface area (Å²) in [4.78, 5) is 21.7. The first-order chi connectivity index (χ1) is 12.1. The van der Waals surface area contributed by atoms with Gasteiger partial charge in [-0.2, -0.15) is 5.10 Å². The molecule has 0 aliphatic rings. The summed E-state index contributed by atoms with van der Waals surface area (Å²) < 4.78 is 5.35. The Morgan fingerprint density at radius 2 is 2.24 bits per heavy atom. The second kappa shape index (κ2) is 6.16. The van der Waals surface area contributed by atoms with E-state index in [9.17, 15) is 4.79 Å². The maximum Gasteiger partial charge on any atom is 0.291 e. The molecule has 0 bridgehead atoms. The van der Waals surface area contributed by atoms with Gasteiger partial charge in [0.15, 0.2) is 9.99 Å². The first-order valence-corrected chi connectivity index (χ1v) is 9.68. The van der Waals surface area contributed by atoms with E-state index in [1.165, 1.54) is 4.68 Å². The van der Waals surface area contributed by atoms with Gasteiger partial charge in [-0.3, -0.25) is 4.79 Å². The van der Waals surface area contributed by atoms with Crippen LogP contribution in [0.4, 0.5) is 5.82 Å². The first-order valence-electron chi connectivity index (χ1n) is 7.64. The molecule has 1 N–H and O–H groups in total. The highest BCUT2D eigenvalue weighted by Crippen LogP contribution is 2.34. The summed E-state index contributed by atoms with van der Waals surface area (Å²) in [5.41, 5.74) is 2.33. The number of hydrogen-bond acceptors (Lipinski definition) is 7. The van der Waals surface area contributed by atoms with Gasteiger partial charge in [0.1, 0.15) is 11.3 Å². The number of aromatic nitrogens is 5. The lowest BCUT2D eigenvalue weighted by atomic mass is 10.2. The van der Waals surface area contributed by atoms with Crippen LogP contribution in [-0.4, -0.2) is 37.6 Å². The van der Waals surface area contributed by atoms with E-state index in [4.69, 9.17) is 0 Å². The first kappa shape index (κ1) is 16.1. The molecule has 4 heterocycles. The monoisotopic (exact) mass is 372 g/mol. The molecule has 0 atom stereocenters. The van der Waals surface area contributed by atoms with Crippen molar-refractivity contribution in [2.24, 2.45) is 7.05 Å². The van der Waals surface area contributed by atoms with Gasteiger partial charge in [-0.15, -0.1) is 11.3 Å². The fraction of sp³-hybridized carbons (Fsp3) is 0.250. The minimum absolute atomic E-state index is 0.112. The van der Waals surface area contributed by atoms with Crippen LogP contribution in [0.2, 0.25) is 0 Å². The molecule has 4 rings (SSSR count). The Morgan fingerprint density at radius 1 is 1.40 bits per heavy atom. The number of thiazole rings is 1. The highest BCUT2D eigenvalue weighted by atomic mass is 32.2. The maximum absolute atomic E-state index is 13.0. The van der Waals surface area contributed by atoms with E-state index in [-0.39, 0.29) is 5.56 Å². The number of fused-ring (bicyclic) bond motifs is 3. The average Bonchev–Trinajstić information content (AvgIpc) is 3.17. The van der Waals surface area contributed by atoms with Crippen LogP contribution in [-0.2, 0) is 13.6 Å². The predicted molar refractivity (Wildman–Crippen MR) is 103 cm³/mol. The van der Waals surface area contributed by atoms with E-state index in [0.717, 1.165) is 31.5 Å². The highest BCUT2D eigenvalue weighted by Gasteiger charge is 2.18. The van der Waals surface area contributed by atoms with Crippen LogP contribution in [0.1, 0.15) is 5.56 Å². The highest BCUT2D eigenvalue weighted by molar-refractivity contribution is 8.00. The maximum atomic E-state index is 13.0. The standard InChI is InChI=1S/C16H16N6OS2/c1-17-11-6-9(4-5-18-11)8-22-15(23)12-10(7-19-22)13-14(21(12)2)20-16(24-3)25-13/h4-7H,8H2,1-3H3,(H,17,18). The number of pyridine rings is 1. The topological polar surface area (TPSA) is 77.6 Å². The van der Waals surface area contributed by atoms with E-state index in [0.29, 0.717) is 12.1 Å². The summed E-state index contributed by atoms with van der Waals surface area (Å²) in [5, 5.41) is 8.24. The van der Waals surface area contributed by atoms with Crippen LogP contribution < -0.4 is 10.9 Å². The van der Waals surface area contributed by atoms with Gasteiger partial charge in [-0.05, 0) is 24.0 Å². The Morgan fingerprint density at radius 3 is 3.00 bits per heavy atom. The minimum atomic E-state index is -0.112. The zero-order valence-corrected chi connectivity index (χ0v) is 15.6. The molecule has 0 aliphatic heterocycles. The molecule has 0 radical (unpaired) electrons. The Balaban J connectivity index is 1.85.